The van der Waals surface area contributed by atoms with E-state index in [0.29, 0.717) is 5.69 Å². The Kier molecular flexibility index (Phi) is 6.38. The Bertz CT molecular complexity index is 1140. The van der Waals surface area contributed by atoms with Crippen molar-refractivity contribution >= 4 is 28.6 Å². The summed E-state index contributed by atoms with van der Waals surface area (Å²) in [7, 11) is 0. The first kappa shape index (κ1) is 21.7. The lowest BCUT2D eigenvalue weighted by Crippen LogP contribution is -2.18. The number of aryl methyl sites for hydroxylation is 3. The van der Waals surface area contributed by atoms with Gasteiger partial charge in [-0.15, -0.1) is 0 Å². The second-order valence-corrected chi connectivity index (χ2v) is 8.30. The molecule has 0 aliphatic heterocycles. The highest BCUT2D eigenvalue weighted by Gasteiger charge is 2.20. The number of carbonyl (C=O) groups is 1. The van der Waals surface area contributed by atoms with Crippen LogP contribution in [0, 0.1) is 41.5 Å². The van der Waals surface area contributed by atoms with Gasteiger partial charge in [0.05, 0.1) is 16.2 Å². The number of hydrogen-bond acceptors (Lipinski definition) is 6. The van der Waals surface area contributed by atoms with Crippen molar-refractivity contribution in [2.75, 3.05) is 10.8 Å². The van der Waals surface area contributed by atoms with Gasteiger partial charge in [0.2, 0.25) is 11.1 Å². The molecule has 2 N–H and O–H groups in total. The molecule has 0 radical (unpaired) electrons. The number of aromatic nitrogens is 1. The lowest BCUT2D eigenvalue weighted by Gasteiger charge is -2.17. The lowest BCUT2D eigenvalue weighted by atomic mass is 9.98. The number of nitrogens with zero attached hydrogens (tertiary/aromatic N) is 1. The Morgan fingerprint density at radius 3 is 2.37 bits per heavy atom. The highest BCUT2D eigenvalue weighted by Crippen LogP contribution is 2.27. The molecule has 0 saturated heterocycles. The zero-order chi connectivity index (χ0) is 22.0. The van der Waals surface area contributed by atoms with Gasteiger partial charge in [0.15, 0.2) is 0 Å². The highest BCUT2D eigenvalue weighted by molar-refractivity contribution is 7.80. The average molecular weight is 428 g/mol. The molecule has 0 saturated carbocycles. The van der Waals surface area contributed by atoms with E-state index in [9.17, 15) is 9.00 Å². The third kappa shape index (κ3) is 4.29. The van der Waals surface area contributed by atoms with Crippen LogP contribution in [0.15, 0.2) is 39.8 Å². The molecule has 8 heteroatoms. The molecule has 30 heavy (non-hydrogen) atoms. The van der Waals surface area contributed by atoms with E-state index in [4.69, 9.17) is 8.81 Å². The number of benzene rings is 2. The normalized spacial score (nSPS) is 11.9. The van der Waals surface area contributed by atoms with E-state index in [1.807, 2.05) is 33.8 Å². The maximum atomic E-state index is 13.0. The first-order valence-corrected chi connectivity index (χ1v) is 10.5. The summed E-state index contributed by atoms with van der Waals surface area (Å²) >= 11 is -1.95. The fraction of sp³-hybridized carbons (Fsp3) is 0.273. The predicted octanol–water partition coefficient (Wildman–Crippen LogP) is 4.84. The van der Waals surface area contributed by atoms with Gasteiger partial charge in [0, 0.05) is 11.3 Å². The van der Waals surface area contributed by atoms with E-state index >= 15 is 0 Å². The smallest absolute Gasteiger partial charge is 0.256 e. The van der Waals surface area contributed by atoms with Crippen molar-refractivity contribution in [2.24, 2.45) is 0 Å². The molecule has 3 rings (SSSR count). The summed E-state index contributed by atoms with van der Waals surface area (Å²) in [6, 6.07) is 8.65. The van der Waals surface area contributed by atoms with Gasteiger partial charge in [0.1, 0.15) is 0 Å². The fourth-order valence-corrected chi connectivity index (χ4v) is 3.86. The Morgan fingerprint density at radius 2 is 1.70 bits per heavy atom. The summed E-state index contributed by atoms with van der Waals surface area (Å²) in [5.41, 5.74) is 9.26. The standard InChI is InChI=1S/C22H25N3O4S/c1-12-11-13(2)20(15(4)14(12)3)23-21(26)18-9-7-8-10-19(18)30(27)29-25-22-16(5)17(6)24-28-22/h7-11,25H,1-6H3,(H,23,26). The van der Waals surface area contributed by atoms with Gasteiger partial charge < -0.3 is 9.84 Å². The Morgan fingerprint density at radius 1 is 1.00 bits per heavy atom. The SMILES string of the molecule is Cc1cc(C)c(NC(=O)c2ccccc2S(=O)ONc2onc(C)c2C)c(C)c1C. The van der Waals surface area contributed by atoms with Gasteiger partial charge >= 0.3 is 0 Å². The van der Waals surface area contributed by atoms with Gasteiger partial charge in [-0.25, -0.2) is 9.69 Å². The maximum absolute atomic E-state index is 13.0. The van der Waals surface area contributed by atoms with Crippen LogP contribution >= 0.6 is 0 Å². The van der Waals surface area contributed by atoms with Crippen LogP contribution in [0.3, 0.4) is 0 Å². The minimum absolute atomic E-state index is 0.246. The first-order chi connectivity index (χ1) is 14.2. The van der Waals surface area contributed by atoms with Crippen LogP contribution in [-0.4, -0.2) is 15.3 Å². The summed E-state index contributed by atoms with van der Waals surface area (Å²) < 4.78 is 23.1. The molecule has 0 bridgehead atoms. The molecule has 1 heterocycles. The fourth-order valence-electron chi connectivity index (χ4n) is 3.09. The number of carbonyl (C=O) groups excluding carboxylic acids is 1. The van der Waals surface area contributed by atoms with Crippen molar-refractivity contribution in [3.05, 3.63) is 69.4 Å². The van der Waals surface area contributed by atoms with E-state index < -0.39 is 11.1 Å². The summed E-state index contributed by atoms with van der Waals surface area (Å²) in [5.74, 6) is -0.0899. The topological polar surface area (TPSA) is 93.5 Å². The van der Waals surface area contributed by atoms with Gasteiger partial charge in [-0.2, -0.15) is 4.28 Å². The van der Waals surface area contributed by atoms with Crippen LogP contribution in [0.4, 0.5) is 11.6 Å². The monoisotopic (exact) mass is 427 g/mol. The quantitative estimate of drug-likeness (QED) is 0.547. The number of hydrogen-bond donors (Lipinski definition) is 2. The summed E-state index contributed by atoms with van der Waals surface area (Å²) in [4.78, 5) is 13.3. The molecule has 158 valence electrons. The van der Waals surface area contributed by atoms with Gasteiger partial charge in [-0.3, -0.25) is 4.79 Å². The predicted molar refractivity (Wildman–Crippen MR) is 117 cm³/mol. The minimum Gasteiger partial charge on any atom is -0.336 e. The molecule has 1 unspecified atom stereocenters. The van der Waals surface area contributed by atoms with Crippen LogP contribution in [0.1, 0.15) is 43.9 Å². The minimum atomic E-state index is -1.95. The summed E-state index contributed by atoms with van der Waals surface area (Å²) in [5, 5.41) is 6.78. The molecule has 7 nitrogen and oxygen atoms in total. The second kappa shape index (κ2) is 8.81. The highest BCUT2D eigenvalue weighted by atomic mass is 32.2. The molecule has 2 aromatic carbocycles. The Balaban J connectivity index is 1.83. The van der Waals surface area contributed by atoms with E-state index in [1.54, 1.807) is 38.1 Å². The van der Waals surface area contributed by atoms with Gasteiger partial charge in [0.25, 0.3) is 11.8 Å². The van der Waals surface area contributed by atoms with Crippen molar-refractivity contribution in [3.63, 3.8) is 0 Å². The van der Waals surface area contributed by atoms with Crippen molar-refractivity contribution in [1.82, 2.24) is 5.16 Å². The zero-order valence-electron chi connectivity index (χ0n) is 17.9. The van der Waals surface area contributed by atoms with Crippen LogP contribution in [0.25, 0.3) is 0 Å². The molecule has 1 aromatic heterocycles. The van der Waals surface area contributed by atoms with Crippen molar-refractivity contribution in [2.45, 2.75) is 46.4 Å². The third-order valence-corrected chi connectivity index (χ3v) is 6.22. The third-order valence-electron chi connectivity index (χ3n) is 5.27. The van der Waals surface area contributed by atoms with E-state index in [-0.39, 0.29) is 22.3 Å². The molecule has 1 amide bonds. The lowest BCUT2D eigenvalue weighted by molar-refractivity contribution is 0.102. The van der Waals surface area contributed by atoms with Crippen molar-refractivity contribution < 1.29 is 17.8 Å². The van der Waals surface area contributed by atoms with E-state index in [1.165, 1.54) is 5.56 Å². The molecule has 0 aliphatic rings. The van der Waals surface area contributed by atoms with E-state index in [0.717, 1.165) is 27.9 Å². The Hall–Kier alpha value is -2.97. The summed E-state index contributed by atoms with van der Waals surface area (Å²) in [6.07, 6.45) is 0. The van der Waals surface area contributed by atoms with Crippen LogP contribution < -0.4 is 10.8 Å². The first-order valence-electron chi connectivity index (χ1n) is 9.46. The van der Waals surface area contributed by atoms with E-state index in [2.05, 4.69) is 16.0 Å². The second-order valence-electron chi connectivity index (χ2n) is 7.23. The van der Waals surface area contributed by atoms with Crippen LogP contribution in [-0.2, 0) is 15.4 Å². The Labute approximate surface area is 178 Å². The van der Waals surface area contributed by atoms with Crippen molar-refractivity contribution in [3.8, 4) is 0 Å². The van der Waals surface area contributed by atoms with Gasteiger partial charge in [-0.1, -0.05) is 23.4 Å². The molecular weight excluding hydrogens is 402 g/mol. The van der Waals surface area contributed by atoms with Crippen LogP contribution in [0.5, 0.6) is 0 Å². The summed E-state index contributed by atoms with van der Waals surface area (Å²) in [6.45, 7) is 11.6. The zero-order valence-corrected chi connectivity index (χ0v) is 18.7. The number of rotatable bonds is 6. The van der Waals surface area contributed by atoms with Gasteiger partial charge in [-0.05, 0) is 75.9 Å². The number of amides is 1. The molecule has 1 atom stereocenters. The molecule has 0 aliphatic carbocycles. The molecule has 3 aromatic rings. The largest absolute Gasteiger partial charge is 0.336 e. The van der Waals surface area contributed by atoms with Crippen LogP contribution in [0.2, 0.25) is 0 Å². The molecular formula is C22H25N3O4S. The number of anilines is 2. The average Bonchev–Trinajstić information content (AvgIpc) is 3.05. The maximum Gasteiger partial charge on any atom is 0.256 e. The van der Waals surface area contributed by atoms with Crippen molar-refractivity contribution in [1.29, 1.82) is 0 Å². The molecule has 0 fully saturated rings. The molecule has 0 spiro atoms. The number of nitrogens with one attached hydrogen (secondary N) is 2.